The number of rotatable bonds is 4. The average Bonchev–Trinajstić information content (AvgIpc) is 2.53. The largest absolute Gasteiger partial charge is 0.378 e. The molecule has 0 aliphatic heterocycles. The molecule has 0 saturated heterocycles. The SMILES string of the molecule is NC1(CNc2ccc3ncccc3c2[N+](=O)[O-])CCCCC1. The molecule has 1 aliphatic carbocycles. The first-order valence-electron chi connectivity index (χ1n) is 7.64. The molecule has 2 aromatic rings. The van der Waals surface area contributed by atoms with Crippen molar-refractivity contribution >= 4 is 22.3 Å². The van der Waals surface area contributed by atoms with Gasteiger partial charge in [0, 0.05) is 18.3 Å². The minimum absolute atomic E-state index is 0.0741. The lowest BCUT2D eigenvalue weighted by Crippen LogP contribution is -2.47. The van der Waals surface area contributed by atoms with Gasteiger partial charge >= 0.3 is 5.69 Å². The maximum absolute atomic E-state index is 11.5. The van der Waals surface area contributed by atoms with Gasteiger partial charge in [0.05, 0.1) is 15.8 Å². The van der Waals surface area contributed by atoms with Gasteiger partial charge in [0.15, 0.2) is 0 Å². The van der Waals surface area contributed by atoms with Crippen molar-refractivity contribution in [3.8, 4) is 0 Å². The highest BCUT2D eigenvalue weighted by atomic mass is 16.6. The quantitative estimate of drug-likeness (QED) is 0.668. The molecule has 0 unspecified atom stereocenters. The molecule has 6 nitrogen and oxygen atoms in total. The van der Waals surface area contributed by atoms with Gasteiger partial charge in [-0.3, -0.25) is 15.1 Å². The van der Waals surface area contributed by atoms with Crippen molar-refractivity contribution in [1.82, 2.24) is 4.98 Å². The molecule has 22 heavy (non-hydrogen) atoms. The second-order valence-corrected chi connectivity index (χ2v) is 6.07. The Balaban J connectivity index is 1.90. The summed E-state index contributed by atoms with van der Waals surface area (Å²) in [6, 6.07) is 6.96. The summed E-state index contributed by atoms with van der Waals surface area (Å²) in [5.41, 5.74) is 7.35. The van der Waals surface area contributed by atoms with Crippen molar-refractivity contribution in [3.05, 3.63) is 40.6 Å². The first-order chi connectivity index (χ1) is 10.6. The highest BCUT2D eigenvalue weighted by molar-refractivity contribution is 5.94. The van der Waals surface area contributed by atoms with Gasteiger partial charge in [-0.2, -0.15) is 0 Å². The fourth-order valence-corrected chi connectivity index (χ4v) is 3.18. The number of pyridine rings is 1. The number of aromatic nitrogens is 1. The molecule has 0 amide bonds. The van der Waals surface area contributed by atoms with E-state index in [-0.39, 0.29) is 16.1 Å². The Morgan fingerprint density at radius 3 is 2.77 bits per heavy atom. The summed E-state index contributed by atoms with van der Waals surface area (Å²) in [7, 11) is 0. The number of fused-ring (bicyclic) bond motifs is 1. The number of benzene rings is 1. The number of nitro groups is 1. The van der Waals surface area contributed by atoms with E-state index < -0.39 is 0 Å². The summed E-state index contributed by atoms with van der Waals surface area (Å²) in [6.45, 7) is 0.555. The zero-order chi connectivity index (χ0) is 15.6. The van der Waals surface area contributed by atoms with Crippen molar-refractivity contribution in [2.24, 2.45) is 5.73 Å². The molecule has 1 fully saturated rings. The molecular formula is C16H20N4O2. The van der Waals surface area contributed by atoms with E-state index in [1.807, 2.05) is 0 Å². The van der Waals surface area contributed by atoms with Gasteiger partial charge in [-0.15, -0.1) is 0 Å². The molecule has 1 aromatic heterocycles. The maximum Gasteiger partial charge on any atom is 0.301 e. The van der Waals surface area contributed by atoms with Gasteiger partial charge in [0.25, 0.3) is 0 Å². The van der Waals surface area contributed by atoms with Gasteiger partial charge in [0.1, 0.15) is 5.69 Å². The van der Waals surface area contributed by atoms with E-state index >= 15 is 0 Å². The third-order valence-corrected chi connectivity index (χ3v) is 4.42. The predicted molar refractivity (Wildman–Crippen MR) is 86.9 cm³/mol. The Kier molecular flexibility index (Phi) is 3.94. The predicted octanol–water partition coefficient (Wildman–Crippen LogP) is 3.22. The molecular weight excluding hydrogens is 280 g/mol. The topological polar surface area (TPSA) is 94.1 Å². The molecule has 1 saturated carbocycles. The average molecular weight is 300 g/mol. The number of nitrogens with one attached hydrogen (secondary N) is 1. The zero-order valence-electron chi connectivity index (χ0n) is 12.4. The van der Waals surface area contributed by atoms with Crippen LogP contribution in [0.2, 0.25) is 0 Å². The van der Waals surface area contributed by atoms with Crippen LogP contribution in [-0.4, -0.2) is 22.0 Å². The second kappa shape index (κ2) is 5.88. The zero-order valence-corrected chi connectivity index (χ0v) is 12.4. The molecule has 0 radical (unpaired) electrons. The van der Waals surface area contributed by atoms with E-state index in [1.54, 1.807) is 30.5 Å². The van der Waals surface area contributed by atoms with Crippen LogP contribution in [0.4, 0.5) is 11.4 Å². The normalized spacial score (nSPS) is 17.3. The number of nitro benzene ring substituents is 1. The first-order valence-corrected chi connectivity index (χ1v) is 7.64. The Bertz CT molecular complexity index is 696. The number of hydrogen-bond donors (Lipinski definition) is 2. The minimum atomic E-state index is -0.351. The van der Waals surface area contributed by atoms with Crippen molar-refractivity contribution < 1.29 is 4.92 Å². The first kappa shape index (κ1) is 14.7. The molecule has 116 valence electrons. The van der Waals surface area contributed by atoms with Gasteiger partial charge in [-0.25, -0.2) is 0 Å². The van der Waals surface area contributed by atoms with Crippen LogP contribution in [0.15, 0.2) is 30.5 Å². The molecule has 0 atom stereocenters. The minimum Gasteiger partial charge on any atom is -0.378 e. The van der Waals surface area contributed by atoms with E-state index in [0.717, 1.165) is 25.7 Å². The number of hydrogen-bond acceptors (Lipinski definition) is 5. The van der Waals surface area contributed by atoms with Crippen LogP contribution in [0.3, 0.4) is 0 Å². The van der Waals surface area contributed by atoms with Crippen molar-refractivity contribution in [1.29, 1.82) is 0 Å². The lowest BCUT2D eigenvalue weighted by molar-refractivity contribution is -0.382. The third-order valence-electron chi connectivity index (χ3n) is 4.42. The summed E-state index contributed by atoms with van der Waals surface area (Å²) in [4.78, 5) is 15.3. The number of nitrogens with zero attached hydrogens (tertiary/aromatic N) is 2. The van der Waals surface area contributed by atoms with Gasteiger partial charge < -0.3 is 11.1 Å². The van der Waals surface area contributed by atoms with E-state index in [9.17, 15) is 10.1 Å². The van der Waals surface area contributed by atoms with Crippen LogP contribution in [0.25, 0.3) is 10.9 Å². The molecule has 1 aromatic carbocycles. The van der Waals surface area contributed by atoms with Gasteiger partial charge in [0.2, 0.25) is 0 Å². The van der Waals surface area contributed by atoms with Crippen molar-refractivity contribution in [2.75, 3.05) is 11.9 Å². The fraction of sp³-hybridized carbons (Fsp3) is 0.438. The highest BCUT2D eigenvalue weighted by Gasteiger charge is 2.28. The maximum atomic E-state index is 11.5. The molecule has 1 aliphatic rings. The molecule has 6 heteroatoms. The molecule has 3 rings (SSSR count). The molecule has 1 heterocycles. The highest BCUT2D eigenvalue weighted by Crippen LogP contribution is 2.33. The van der Waals surface area contributed by atoms with Crippen molar-refractivity contribution in [2.45, 2.75) is 37.6 Å². The lowest BCUT2D eigenvalue weighted by atomic mass is 9.82. The number of nitrogens with two attached hydrogens (primary N) is 1. The second-order valence-electron chi connectivity index (χ2n) is 6.07. The van der Waals surface area contributed by atoms with Crippen LogP contribution >= 0.6 is 0 Å². The van der Waals surface area contributed by atoms with Crippen LogP contribution in [0.1, 0.15) is 32.1 Å². The summed E-state index contributed by atoms with van der Waals surface area (Å²) < 4.78 is 0. The number of anilines is 1. The van der Waals surface area contributed by atoms with Crippen molar-refractivity contribution in [3.63, 3.8) is 0 Å². The van der Waals surface area contributed by atoms with E-state index in [1.165, 1.54) is 6.42 Å². The lowest BCUT2D eigenvalue weighted by Gasteiger charge is -2.33. The molecule has 3 N–H and O–H groups in total. The fourth-order valence-electron chi connectivity index (χ4n) is 3.18. The van der Waals surface area contributed by atoms with Gasteiger partial charge in [-0.05, 0) is 37.1 Å². The molecule has 0 bridgehead atoms. The standard InChI is InChI=1S/C16H20N4O2/c17-16(8-2-1-3-9-16)11-19-14-7-6-13-12(5-4-10-18-13)15(14)20(21)22/h4-7,10,19H,1-3,8-9,11,17H2. The van der Waals surface area contributed by atoms with Crippen LogP contribution in [0.5, 0.6) is 0 Å². The monoisotopic (exact) mass is 300 g/mol. The smallest absolute Gasteiger partial charge is 0.301 e. The Morgan fingerprint density at radius 2 is 2.05 bits per heavy atom. The Labute approximate surface area is 128 Å². The van der Waals surface area contributed by atoms with Crippen LogP contribution < -0.4 is 11.1 Å². The Morgan fingerprint density at radius 1 is 1.27 bits per heavy atom. The summed E-state index contributed by atoms with van der Waals surface area (Å²) in [5, 5.41) is 15.2. The van der Waals surface area contributed by atoms with Crippen LogP contribution in [0, 0.1) is 10.1 Å². The third kappa shape index (κ3) is 2.87. The van der Waals surface area contributed by atoms with E-state index in [4.69, 9.17) is 5.73 Å². The summed E-state index contributed by atoms with van der Waals surface area (Å²) >= 11 is 0. The van der Waals surface area contributed by atoms with E-state index in [2.05, 4.69) is 10.3 Å². The molecule has 0 spiro atoms. The summed E-state index contributed by atoms with van der Waals surface area (Å²) in [6.07, 6.45) is 7.03. The Hall–Kier alpha value is -2.21. The van der Waals surface area contributed by atoms with E-state index in [0.29, 0.717) is 23.1 Å². The van der Waals surface area contributed by atoms with Crippen LogP contribution in [-0.2, 0) is 0 Å². The summed E-state index contributed by atoms with van der Waals surface area (Å²) in [5.74, 6) is 0. The van der Waals surface area contributed by atoms with Gasteiger partial charge in [-0.1, -0.05) is 19.3 Å².